The van der Waals surface area contributed by atoms with Crippen molar-refractivity contribution in [2.75, 3.05) is 31.3 Å². The van der Waals surface area contributed by atoms with E-state index >= 15 is 0 Å². The molecule has 0 aromatic heterocycles. The van der Waals surface area contributed by atoms with E-state index in [-0.39, 0.29) is 17.6 Å². The number of benzene rings is 2. The van der Waals surface area contributed by atoms with Gasteiger partial charge in [-0.3, -0.25) is 9.59 Å². The van der Waals surface area contributed by atoms with Gasteiger partial charge < -0.3 is 20.7 Å². The molecule has 1 atom stereocenters. The first kappa shape index (κ1) is 20.8. The van der Waals surface area contributed by atoms with E-state index in [1.807, 2.05) is 62.5 Å². The molecule has 4 N–H and O–H groups in total. The molecule has 0 saturated carbocycles. The summed E-state index contributed by atoms with van der Waals surface area (Å²) < 4.78 is 5.44. The number of primary amides is 1. The summed E-state index contributed by atoms with van der Waals surface area (Å²) in [5.74, 6) is 0.559. The molecule has 0 spiro atoms. The van der Waals surface area contributed by atoms with Crippen molar-refractivity contribution in [3.05, 3.63) is 54.1 Å². The molecule has 2 amide bonds. The molecule has 0 aliphatic heterocycles. The Hall–Kier alpha value is -2.51. The third-order valence-corrected chi connectivity index (χ3v) is 4.83. The molecule has 1 unspecified atom stereocenters. The number of carbonyl (C=O) groups is 2. The molecule has 0 saturated heterocycles. The largest absolute Gasteiger partial charge is 0.494 e. The third-order valence-electron chi connectivity index (χ3n) is 3.73. The first-order chi connectivity index (χ1) is 13.0. The maximum absolute atomic E-state index is 12.4. The van der Waals surface area contributed by atoms with E-state index in [9.17, 15) is 9.59 Å². The van der Waals surface area contributed by atoms with Crippen molar-refractivity contribution in [1.82, 2.24) is 0 Å². The summed E-state index contributed by atoms with van der Waals surface area (Å²) in [5.41, 5.74) is 7.04. The third kappa shape index (κ3) is 7.32. The Kier molecular flexibility index (Phi) is 8.16. The molecule has 6 nitrogen and oxygen atoms in total. The second kappa shape index (κ2) is 10.6. The van der Waals surface area contributed by atoms with Gasteiger partial charge in [0, 0.05) is 10.5 Å². The van der Waals surface area contributed by atoms with Gasteiger partial charge in [-0.15, -0.1) is 11.8 Å². The Labute approximate surface area is 164 Å². The van der Waals surface area contributed by atoms with Gasteiger partial charge in [0.15, 0.2) is 6.54 Å². The zero-order valence-corrected chi connectivity index (χ0v) is 16.5. The van der Waals surface area contributed by atoms with Crippen LogP contribution in [0.1, 0.15) is 12.5 Å². The maximum atomic E-state index is 12.4. The van der Waals surface area contributed by atoms with Crippen LogP contribution in [0.5, 0.6) is 5.75 Å². The summed E-state index contributed by atoms with van der Waals surface area (Å²) in [6, 6.07) is 15.3. The van der Waals surface area contributed by atoms with Crippen LogP contribution in [0, 0.1) is 0 Å². The van der Waals surface area contributed by atoms with Gasteiger partial charge in [-0.05, 0) is 43.3 Å². The predicted molar refractivity (Wildman–Crippen MR) is 108 cm³/mol. The molecule has 0 aliphatic carbocycles. The molecule has 0 bridgehead atoms. The van der Waals surface area contributed by atoms with Crippen LogP contribution >= 0.6 is 11.8 Å². The number of nitrogens with two attached hydrogens (primary N) is 1. The lowest BCUT2D eigenvalue weighted by Crippen LogP contribution is -3.08. The summed E-state index contributed by atoms with van der Waals surface area (Å²) in [6.07, 6.45) is 0. The highest BCUT2D eigenvalue weighted by Gasteiger charge is 2.13. The van der Waals surface area contributed by atoms with E-state index in [1.165, 1.54) is 11.8 Å². The molecule has 144 valence electrons. The fraction of sp³-hybridized carbons (Fsp3) is 0.300. The van der Waals surface area contributed by atoms with E-state index in [2.05, 4.69) is 5.32 Å². The van der Waals surface area contributed by atoms with Crippen molar-refractivity contribution in [1.29, 1.82) is 0 Å². The van der Waals surface area contributed by atoms with Crippen LogP contribution in [0.2, 0.25) is 0 Å². The van der Waals surface area contributed by atoms with E-state index < -0.39 is 0 Å². The molecule has 0 heterocycles. The molecule has 2 aromatic carbocycles. The van der Waals surface area contributed by atoms with Crippen molar-refractivity contribution >= 4 is 29.3 Å². The Balaban J connectivity index is 1.88. The summed E-state index contributed by atoms with van der Waals surface area (Å²) in [7, 11) is 1.98. The Morgan fingerprint density at radius 3 is 2.52 bits per heavy atom. The lowest BCUT2D eigenvalue weighted by Gasteiger charge is -2.15. The van der Waals surface area contributed by atoms with Crippen LogP contribution < -0.4 is 20.7 Å². The smallest absolute Gasteiger partial charge is 0.279 e. The van der Waals surface area contributed by atoms with E-state index in [0.29, 0.717) is 18.8 Å². The lowest BCUT2D eigenvalue weighted by molar-refractivity contribution is -0.885. The normalized spacial score (nSPS) is 11.6. The highest BCUT2D eigenvalue weighted by molar-refractivity contribution is 8.00. The van der Waals surface area contributed by atoms with Gasteiger partial charge in [0.2, 0.25) is 5.91 Å². The van der Waals surface area contributed by atoms with Gasteiger partial charge in [-0.2, -0.15) is 0 Å². The number of carbonyl (C=O) groups excluding carboxylic acids is 2. The molecule has 2 rings (SSSR count). The number of likely N-dealkylation sites (N-methyl/N-ethyl adjacent to an activating group) is 1. The van der Waals surface area contributed by atoms with Crippen molar-refractivity contribution in [3.8, 4) is 5.75 Å². The molecule has 2 aromatic rings. The minimum Gasteiger partial charge on any atom is -0.494 e. The zero-order valence-electron chi connectivity index (χ0n) is 15.7. The Bertz CT molecular complexity index is 765. The van der Waals surface area contributed by atoms with Gasteiger partial charge in [-0.1, -0.05) is 12.1 Å². The van der Waals surface area contributed by atoms with Gasteiger partial charge >= 0.3 is 0 Å². The van der Waals surface area contributed by atoms with Crippen molar-refractivity contribution in [2.24, 2.45) is 5.73 Å². The Morgan fingerprint density at radius 2 is 1.85 bits per heavy atom. The zero-order chi connectivity index (χ0) is 19.6. The molecule has 7 heteroatoms. The highest BCUT2D eigenvalue weighted by atomic mass is 32.2. The minimum absolute atomic E-state index is 0.0782. The van der Waals surface area contributed by atoms with Gasteiger partial charge in [-0.25, -0.2) is 0 Å². The first-order valence-corrected chi connectivity index (χ1v) is 9.79. The highest BCUT2D eigenvalue weighted by Crippen LogP contribution is 2.26. The summed E-state index contributed by atoms with van der Waals surface area (Å²) in [5, 5.41) is 2.92. The average Bonchev–Trinajstić information content (AvgIpc) is 2.62. The second-order valence-corrected chi connectivity index (χ2v) is 7.20. The first-order valence-electron chi connectivity index (χ1n) is 8.81. The van der Waals surface area contributed by atoms with Crippen LogP contribution in [0.15, 0.2) is 53.4 Å². The topological polar surface area (TPSA) is 85.9 Å². The summed E-state index contributed by atoms with van der Waals surface area (Å²) in [6.45, 7) is 3.67. The van der Waals surface area contributed by atoms with Crippen LogP contribution in [0.25, 0.3) is 0 Å². The lowest BCUT2D eigenvalue weighted by atomic mass is 10.2. The van der Waals surface area contributed by atoms with Crippen LogP contribution in [-0.4, -0.2) is 37.8 Å². The average molecular weight is 389 g/mol. The van der Waals surface area contributed by atoms with E-state index in [0.717, 1.165) is 27.7 Å². The molecular formula is C20H26N3O3S+. The van der Waals surface area contributed by atoms with Gasteiger partial charge in [0.25, 0.3) is 5.91 Å². The van der Waals surface area contributed by atoms with Crippen LogP contribution in [0.3, 0.4) is 0 Å². The maximum Gasteiger partial charge on any atom is 0.279 e. The SMILES string of the molecule is CCOc1ccc(C[NH+](C)CC(=O)Nc2ccccc2SCC(N)=O)cc1. The summed E-state index contributed by atoms with van der Waals surface area (Å²) in [4.78, 5) is 25.3. The fourth-order valence-corrected chi connectivity index (χ4v) is 3.34. The van der Waals surface area contributed by atoms with Crippen LogP contribution in [-0.2, 0) is 16.1 Å². The number of ether oxygens (including phenoxy) is 1. The number of hydrogen-bond acceptors (Lipinski definition) is 4. The predicted octanol–water partition coefficient (Wildman–Crippen LogP) is 1.32. The standard InChI is InChI=1S/C20H25N3O3S/c1-3-26-16-10-8-15(9-11-16)12-23(2)13-20(25)22-17-6-4-5-7-18(17)27-14-19(21)24/h4-11H,3,12-14H2,1-2H3,(H2,21,24)(H,22,25)/p+1. The van der Waals surface area contributed by atoms with Gasteiger partial charge in [0.1, 0.15) is 12.3 Å². The number of quaternary nitrogens is 1. The molecule has 0 aliphatic rings. The van der Waals surface area contributed by atoms with E-state index in [4.69, 9.17) is 10.5 Å². The van der Waals surface area contributed by atoms with Crippen molar-refractivity contribution < 1.29 is 19.2 Å². The minimum atomic E-state index is -0.388. The monoisotopic (exact) mass is 388 g/mol. The molecule has 0 radical (unpaired) electrons. The van der Waals surface area contributed by atoms with Gasteiger partial charge in [0.05, 0.1) is 25.1 Å². The van der Waals surface area contributed by atoms with Crippen molar-refractivity contribution in [2.45, 2.75) is 18.4 Å². The number of para-hydroxylation sites is 1. The molecule has 0 fully saturated rings. The second-order valence-electron chi connectivity index (χ2n) is 6.19. The number of hydrogen-bond donors (Lipinski definition) is 3. The number of anilines is 1. The van der Waals surface area contributed by atoms with Crippen LogP contribution in [0.4, 0.5) is 5.69 Å². The fourth-order valence-electron chi connectivity index (χ4n) is 2.59. The Morgan fingerprint density at radius 1 is 1.15 bits per heavy atom. The number of thioether (sulfide) groups is 1. The number of amides is 2. The summed E-state index contributed by atoms with van der Waals surface area (Å²) >= 11 is 1.32. The number of nitrogens with one attached hydrogen (secondary N) is 2. The molecule has 27 heavy (non-hydrogen) atoms. The van der Waals surface area contributed by atoms with E-state index in [1.54, 1.807) is 0 Å². The number of rotatable bonds is 10. The van der Waals surface area contributed by atoms with Crippen molar-refractivity contribution in [3.63, 3.8) is 0 Å². The molecular weight excluding hydrogens is 362 g/mol. The quantitative estimate of drug-likeness (QED) is 0.536.